The molecule has 0 aliphatic heterocycles. The van der Waals surface area contributed by atoms with Gasteiger partial charge in [-0.25, -0.2) is 0 Å². The molecular formula is C14H21NO3. The predicted octanol–water partition coefficient (Wildman–Crippen LogP) is 2.48. The number of hydrogen-bond acceptors (Lipinski definition) is 3. The molecule has 4 nitrogen and oxygen atoms in total. The second-order valence-electron chi connectivity index (χ2n) is 4.40. The quantitative estimate of drug-likeness (QED) is 0.845. The van der Waals surface area contributed by atoms with Crippen molar-refractivity contribution in [3.8, 4) is 11.5 Å². The van der Waals surface area contributed by atoms with E-state index in [2.05, 4.69) is 19.2 Å². The van der Waals surface area contributed by atoms with Crippen LogP contribution in [0.15, 0.2) is 18.2 Å². The second-order valence-corrected chi connectivity index (χ2v) is 4.40. The van der Waals surface area contributed by atoms with Gasteiger partial charge in [-0.1, -0.05) is 13.8 Å². The zero-order chi connectivity index (χ0) is 13.5. The summed E-state index contributed by atoms with van der Waals surface area (Å²) in [6, 6.07) is 5.18. The molecule has 100 valence electrons. The maximum atomic E-state index is 11.9. The Morgan fingerprint density at radius 1 is 1.33 bits per heavy atom. The molecule has 0 unspecified atom stereocenters. The second kappa shape index (κ2) is 6.89. The molecule has 1 aromatic carbocycles. The zero-order valence-electron chi connectivity index (χ0n) is 11.4. The summed E-state index contributed by atoms with van der Waals surface area (Å²) in [4.78, 5) is 11.9. The SMILES string of the molecule is CCOc1cc(C(=O)NCC(C)C)ccc1OC. The Morgan fingerprint density at radius 3 is 2.61 bits per heavy atom. The van der Waals surface area contributed by atoms with Crippen molar-refractivity contribution in [2.24, 2.45) is 5.92 Å². The Labute approximate surface area is 108 Å². The van der Waals surface area contributed by atoms with Gasteiger partial charge < -0.3 is 14.8 Å². The molecule has 0 aliphatic rings. The maximum absolute atomic E-state index is 11.9. The summed E-state index contributed by atoms with van der Waals surface area (Å²) >= 11 is 0. The first kappa shape index (κ1) is 14.4. The van der Waals surface area contributed by atoms with Gasteiger partial charge in [-0.15, -0.1) is 0 Å². The number of methoxy groups -OCH3 is 1. The molecule has 1 aromatic rings. The molecular weight excluding hydrogens is 230 g/mol. The number of carbonyl (C=O) groups excluding carboxylic acids is 1. The highest BCUT2D eigenvalue weighted by atomic mass is 16.5. The third kappa shape index (κ3) is 3.95. The van der Waals surface area contributed by atoms with Crippen molar-refractivity contribution < 1.29 is 14.3 Å². The lowest BCUT2D eigenvalue weighted by atomic mass is 10.1. The molecule has 0 aromatic heterocycles. The number of nitrogens with one attached hydrogen (secondary N) is 1. The first-order chi connectivity index (χ1) is 8.58. The first-order valence-electron chi connectivity index (χ1n) is 6.17. The van der Waals surface area contributed by atoms with Crippen molar-refractivity contribution in [3.05, 3.63) is 23.8 Å². The number of hydrogen-bond donors (Lipinski definition) is 1. The fraction of sp³-hybridized carbons (Fsp3) is 0.500. The van der Waals surface area contributed by atoms with Crippen LogP contribution in [-0.2, 0) is 0 Å². The Hall–Kier alpha value is -1.71. The third-order valence-electron chi connectivity index (χ3n) is 2.40. The van der Waals surface area contributed by atoms with E-state index >= 15 is 0 Å². The average Bonchev–Trinajstić information content (AvgIpc) is 2.36. The molecule has 1 amide bonds. The lowest BCUT2D eigenvalue weighted by Gasteiger charge is -2.12. The highest BCUT2D eigenvalue weighted by Gasteiger charge is 2.11. The lowest BCUT2D eigenvalue weighted by Crippen LogP contribution is -2.27. The van der Waals surface area contributed by atoms with Gasteiger partial charge in [-0.3, -0.25) is 4.79 Å². The average molecular weight is 251 g/mol. The summed E-state index contributed by atoms with van der Waals surface area (Å²) in [5.74, 6) is 1.57. The van der Waals surface area contributed by atoms with Crippen LogP contribution in [0.2, 0.25) is 0 Å². The van der Waals surface area contributed by atoms with E-state index in [0.29, 0.717) is 36.1 Å². The van der Waals surface area contributed by atoms with Crippen LogP contribution in [0.1, 0.15) is 31.1 Å². The van der Waals surface area contributed by atoms with E-state index in [1.807, 2.05) is 6.92 Å². The van der Waals surface area contributed by atoms with Gasteiger partial charge in [0.15, 0.2) is 11.5 Å². The van der Waals surface area contributed by atoms with Crippen molar-refractivity contribution in [3.63, 3.8) is 0 Å². The van der Waals surface area contributed by atoms with Gasteiger partial charge in [0.25, 0.3) is 5.91 Å². The molecule has 1 rings (SSSR count). The van der Waals surface area contributed by atoms with Crippen LogP contribution >= 0.6 is 0 Å². The van der Waals surface area contributed by atoms with Crippen LogP contribution < -0.4 is 14.8 Å². The fourth-order valence-electron chi connectivity index (χ4n) is 1.49. The van der Waals surface area contributed by atoms with Crippen molar-refractivity contribution in [1.82, 2.24) is 5.32 Å². The molecule has 18 heavy (non-hydrogen) atoms. The van der Waals surface area contributed by atoms with Crippen LogP contribution in [0.5, 0.6) is 11.5 Å². The van der Waals surface area contributed by atoms with Crippen molar-refractivity contribution >= 4 is 5.91 Å². The van der Waals surface area contributed by atoms with Crippen LogP contribution in [0, 0.1) is 5.92 Å². The lowest BCUT2D eigenvalue weighted by molar-refractivity contribution is 0.0948. The van der Waals surface area contributed by atoms with E-state index in [9.17, 15) is 4.79 Å². The van der Waals surface area contributed by atoms with Gasteiger partial charge in [-0.2, -0.15) is 0 Å². The van der Waals surface area contributed by atoms with Gasteiger partial charge >= 0.3 is 0 Å². The van der Waals surface area contributed by atoms with Gasteiger partial charge in [0.05, 0.1) is 13.7 Å². The highest BCUT2D eigenvalue weighted by molar-refractivity contribution is 5.94. The molecule has 0 radical (unpaired) electrons. The number of ether oxygens (including phenoxy) is 2. The zero-order valence-corrected chi connectivity index (χ0v) is 11.4. The van der Waals surface area contributed by atoms with E-state index in [-0.39, 0.29) is 5.91 Å². The Kier molecular flexibility index (Phi) is 5.49. The van der Waals surface area contributed by atoms with Gasteiger partial charge in [-0.05, 0) is 31.0 Å². The van der Waals surface area contributed by atoms with Gasteiger partial charge in [0.2, 0.25) is 0 Å². The van der Waals surface area contributed by atoms with Crippen LogP contribution in [0.3, 0.4) is 0 Å². The molecule has 0 saturated carbocycles. The minimum Gasteiger partial charge on any atom is -0.493 e. The number of rotatable bonds is 6. The number of amides is 1. The molecule has 0 bridgehead atoms. The first-order valence-corrected chi connectivity index (χ1v) is 6.17. The Morgan fingerprint density at radius 2 is 2.06 bits per heavy atom. The molecule has 0 fully saturated rings. The van der Waals surface area contributed by atoms with Gasteiger partial charge in [0.1, 0.15) is 0 Å². The van der Waals surface area contributed by atoms with Crippen molar-refractivity contribution in [2.45, 2.75) is 20.8 Å². The summed E-state index contributed by atoms with van der Waals surface area (Å²) in [5, 5.41) is 2.87. The van der Waals surface area contributed by atoms with Crippen LogP contribution in [0.4, 0.5) is 0 Å². The van der Waals surface area contributed by atoms with E-state index in [0.717, 1.165) is 0 Å². The molecule has 4 heteroatoms. The number of carbonyl (C=O) groups is 1. The van der Waals surface area contributed by atoms with Gasteiger partial charge in [0, 0.05) is 12.1 Å². The van der Waals surface area contributed by atoms with E-state index in [1.165, 1.54) is 0 Å². The summed E-state index contributed by atoms with van der Waals surface area (Å²) in [6.45, 7) is 7.20. The predicted molar refractivity (Wildman–Crippen MR) is 71.3 cm³/mol. The van der Waals surface area contributed by atoms with Crippen molar-refractivity contribution in [2.75, 3.05) is 20.3 Å². The minimum atomic E-state index is -0.0905. The third-order valence-corrected chi connectivity index (χ3v) is 2.40. The molecule has 0 aliphatic carbocycles. The standard InChI is InChI=1S/C14H21NO3/c1-5-18-13-8-11(6-7-12(13)17-4)14(16)15-9-10(2)3/h6-8,10H,5,9H2,1-4H3,(H,15,16). The topological polar surface area (TPSA) is 47.6 Å². The maximum Gasteiger partial charge on any atom is 0.251 e. The largest absolute Gasteiger partial charge is 0.493 e. The molecule has 0 atom stereocenters. The summed E-state index contributed by atoms with van der Waals surface area (Å²) in [7, 11) is 1.58. The highest BCUT2D eigenvalue weighted by Crippen LogP contribution is 2.27. The minimum absolute atomic E-state index is 0.0905. The summed E-state index contributed by atoms with van der Waals surface area (Å²) in [6.07, 6.45) is 0. The Bertz CT molecular complexity index is 402. The summed E-state index contributed by atoms with van der Waals surface area (Å²) in [5.41, 5.74) is 0.583. The molecule has 1 N–H and O–H groups in total. The van der Waals surface area contributed by atoms with E-state index in [1.54, 1.807) is 25.3 Å². The van der Waals surface area contributed by atoms with E-state index in [4.69, 9.17) is 9.47 Å². The van der Waals surface area contributed by atoms with Crippen LogP contribution in [-0.4, -0.2) is 26.2 Å². The Balaban J connectivity index is 2.83. The number of benzene rings is 1. The van der Waals surface area contributed by atoms with Crippen LogP contribution in [0.25, 0.3) is 0 Å². The molecule has 0 spiro atoms. The molecule has 0 heterocycles. The summed E-state index contributed by atoms with van der Waals surface area (Å²) < 4.78 is 10.6. The van der Waals surface area contributed by atoms with E-state index < -0.39 is 0 Å². The van der Waals surface area contributed by atoms with Crippen molar-refractivity contribution in [1.29, 1.82) is 0 Å². The smallest absolute Gasteiger partial charge is 0.251 e. The fourth-order valence-corrected chi connectivity index (χ4v) is 1.49. The molecule has 0 saturated heterocycles. The normalized spacial score (nSPS) is 10.3. The monoisotopic (exact) mass is 251 g/mol.